The fraction of sp³-hybridized carbons (Fsp3) is 0.500. The average Bonchev–Trinajstić information content (AvgIpc) is 2.88. The van der Waals surface area contributed by atoms with E-state index in [0.29, 0.717) is 13.1 Å². The Labute approximate surface area is 117 Å². The van der Waals surface area contributed by atoms with Crippen LogP contribution in [0.2, 0.25) is 0 Å². The summed E-state index contributed by atoms with van der Waals surface area (Å²) in [7, 11) is -3.56. The molecule has 1 aromatic rings. The monoisotopic (exact) mass is 299 g/mol. The molecule has 0 aliphatic carbocycles. The summed E-state index contributed by atoms with van der Waals surface area (Å²) in [5, 5.41) is 13.8. The van der Waals surface area contributed by atoms with Gasteiger partial charge in [0.05, 0.1) is 9.82 Å². The smallest absolute Gasteiger partial charge is 0.269 e. The van der Waals surface area contributed by atoms with E-state index in [9.17, 15) is 18.5 Å². The number of nitro benzene ring substituents is 1. The Kier molecular flexibility index (Phi) is 4.36. The maximum absolute atomic E-state index is 12.4. The van der Waals surface area contributed by atoms with Crippen molar-refractivity contribution in [2.75, 3.05) is 19.6 Å². The first kappa shape index (κ1) is 14.9. The van der Waals surface area contributed by atoms with E-state index >= 15 is 0 Å². The molecular weight excluding hydrogens is 282 g/mol. The minimum Gasteiger partial charge on any atom is -0.313 e. The van der Waals surface area contributed by atoms with E-state index < -0.39 is 14.9 Å². The van der Waals surface area contributed by atoms with Crippen molar-refractivity contribution < 1.29 is 13.3 Å². The van der Waals surface area contributed by atoms with Crippen LogP contribution in [0, 0.1) is 10.1 Å². The number of benzene rings is 1. The lowest BCUT2D eigenvalue weighted by Gasteiger charge is -2.16. The van der Waals surface area contributed by atoms with Gasteiger partial charge in [0.2, 0.25) is 10.0 Å². The Bertz CT molecular complexity index is 585. The largest absolute Gasteiger partial charge is 0.313 e. The van der Waals surface area contributed by atoms with E-state index in [4.69, 9.17) is 0 Å². The minimum atomic E-state index is -3.56. The Morgan fingerprint density at radius 2 is 2.05 bits per heavy atom. The SMILES string of the molecule is CCNC1CCN(S(=O)(=O)c2ccc([N+](=O)[O-])cc2)C1. The summed E-state index contributed by atoms with van der Waals surface area (Å²) < 4.78 is 26.2. The van der Waals surface area contributed by atoms with Crippen molar-refractivity contribution >= 4 is 15.7 Å². The van der Waals surface area contributed by atoms with Crippen LogP contribution < -0.4 is 5.32 Å². The highest BCUT2D eigenvalue weighted by atomic mass is 32.2. The Morgan fingerprint density at radius 1 is 1.40 bits per heavy atom. The van der Waals surface area contributed by atoms with Crippen molar-refractivity contribution in [3.63, 3.8) is 0 Å². The number of rotatable bonds is 5. The van der Waals surface area contributed by atoms with Gasteiger partial charge < -0.3 is 5.32 Å². The van der Waals surface area contributed by atoms with Gasteiger partial charge in [0.25, 0.3) is 5.69 Å². The second-order valence-electron chi connectivity index (χ2n) is 4.66. The Balaban J connectivity index is 2.16. The molecule has 20 heavy (non-hydrogen) atoms. The molecule has 1 unspecified atom stereocenters. The van der Waals surface area contributed by atoms with Crippen LogP contribution >= 0.6 is 0 Å². The van der Waals surface area contributed by atoms with Gasteiger partial charge in [-0.1, -0.05) is 6.92 Å². The van der Waals surface area contributed by atoms with Crippen molar-refractivity contribution in [3.05, 3.63) is 34.4 Å². The quantitative estimate of drug-likeness (QED) is 0.646. The van der Waals surface area contributed by atoms with Crippen LogP contribution in [-0.4, -0.2) is 43.3 Å². The molecule has 1 N–H and O–H groups in total. The van der Waals surface area contributed by atoms with Gasteiger partial charge in [-0.3, -0.25) is 10.1 Å². The molecular formula is C12H17N3O4S. The van der Waals surface area contributed by atoms with Crippen LogP contribution in [0.3, 0.4) is 0 Å². The summed E-state index contributed by atoms with van der Waals surface area (Å²) in [6.07, 6.45) is 0.778. The number of hydrogen-bond donors (Lipinski definition) is 1. The summed E-state index contributed by atoms with van der Waals surface area (Å²) in [6.45, 7) is 3.69. The molecule has 0 saturated carbocycles. The van der Waals surface area contributed by atoms with Gasteiger partial charge in [0.15, 0.2) is 0 Å². The van der Waals surface area contributed by atoms with Gasteiger partial charge in [0.1, 0.15) is 0 Å². The predicted molar refractivity (Wildman–Crippen MR) is 73.9 cm³/mol. The number of nitro groups is 1. The molecule has 8 heteroatoms. The first-order valence-corrected chi connectivity index (χ1v) is 7.87. The molecule has 0 bridgehead atoms. The maximum atomic E-state index is 12.4. The highest BCUT2D eigenvalue weighted by molar-refractivity contribution is 7.89. The molecule has 1 aliphatic heterocycles. The number of non-ortho nitro benzene ring substituents is 1. The predicted octanol–water partition coefficient (Wildman–Crippen LogP) is 0.967. The third kappa shape index (κ3) is 2.97. The lowest BCUT2D eigenvalue weighted by atomic mass is 10.3. The fourth-order valence-corrected chi connectivity index (χ4v) is 3.79. The molecule has 0 amide bonds. The normalized spacial score (nSPS) is 20.1. The number of sulfonamides is 1. The van der Waals surface area contributed by atoms with Gasteiger partial charge in [-0.25, -0.2) is 8.42 Å². The molecule has 2 rings (SSSR count). The number of hydrogen-bond acceptors (Lipinski definition) is 5. The fourth-order valence-electron chi connectivity index (χ4n) is 2.29. The van der Waals surface area contributed by atoms with Gasteiger partial charge in [0, 0.05) is 31.3 Å². The molecule has 1 saturated heterocycles. The molecule has 1 fully saturated rings. The Morgan fingerprint density at radius 3 is 2.60 bits per heavy atom. The highest BCUT2D eigenvalue weighted by Gasteiger charge is 2.32. The second-order valence-corrected chi connectivity index (χ2v) is 6.60. The van der Waals surface area contributed by atoms with Crippen molar-refractivity contribution in [3.8, 4) is 0 Å². The summed E-state index contributed by atoms with van der Waals surface area (Å²) >= 11 is 0. The number of nitrogens with one attached hydrogen (secondary N) is 1. The topological polar surface area (TPSA) is 92.6 Å². The van der Waals surface area contributed by atoms with E-state index in [1.165, 1.54) is 28.6 Å². The summed E-state index contributed by atoms with van der Waals surface area (Å²) in [5.41, 5.74) is -0.115. The van der Waals surface area contributed by atoms with Crippen molar-refractivity contribution in [1.82, 2.24) is 9.62 Å². The van der Waals surface area contributed by atoms with Crippen molar-refractivity contribution in [2.45, 2.75) is 24.3 Å². The zero-order chi connectivity index (χ0) is 14.8. The molecule has 1 aliphatic rings. The lowest BCUT2D eigenvalue weighted by Crippen LogP contribution is -2.35. The molecule has 1 atom stereocenters. The zero-order valence-corrected chi connectivity index (χ0v) is 12.0. The van der Waals surface area contributed by atoms with E-state index in [1.807, 2.05) is 6.92 Å². The molecule has 0 spiro atoms. The molecule has 110 valence electrons. The van der Waals surface area contributed by atoms with E-state index in [-0.39, 0.29) is 16.6 Å². The summed E-state index contributed by atoms with van der Waals surface area (Å²) in [5.74, 6) is 0. The van der Waals surface area contributed by atoms with Gasteiger partial charge in [-0.05, 0) is 25.1 Å². The molecule has 0 aromatic heterocycles. The van der Waals surface area contributed by atoms with Crippen LogP contribution in [0.25, 0.3) is 0 Å². The highest BCUT2D eigenvalue weighted by Crippen LogP contribution is 2.23. The Hall–Kier alpha value is -1.51. The maximum Gasteiger partial charge on any atom is 0.269 e. The number of nitrogens with zero attached hydrogens (tertiary/aromatic N) is 2. The van der Waals surface area contributed by atoms with Crippen LogP contribution in [0.1, 0.15) is 13.3 Å². The standard InChI is InChI=1S/C12H17N3O4S/c1-2-13-10-7-8-14(9-10)20(18,19)12-5-3-11(4-6-12)15(16)17/h3-6,10,13H,2,7-9H2,1H3. The van der Waals surface area contributed by atoms with Crippen LogP contribution in [0.5, 0.6) is 0 Å². The minimum absolute atomic E-state index is 0.0975. The summed E-state index contributed by atoms with van der Waals surface area (Å²) in [4.78, 5) is 10.1. The van der Waals surface area contributed by atoms with Gasteiger partial charge >= 0.3 is 0 Å². The summed E-state index contributed by atoms with van der Waals surface area (Å²) in [6, 6.07) is 5.17. The first-order chi connectivity index (χ1) is 9.45. The molecule has 7 nitrogen and oxygen atoms in total. The van der Waals surface area contributed by atoms with Crippen molar-refractivity contribution in [2.24, 2.45) is 0 Å². The third-order valence-electron chi connectivity index (χ3n) is 3.33. The lowest BCUT2D eigenvalue weighted by molar-refractivity contribution is -0.384. The van der Waals surface area contributed by atoms with Crippen LogP contribution in [0.15, 0.2) is 29.2 Å². The average molecular weight is 299 g/mol. The van der Waals surface area contributed by atoms with Gasteiger partial charge in [-0.15, -0.1) is 0 Å². The van der Waals surface area contributed by atoms with Crippen LogP contribution in [0.4, 0.5) is 5.69 Å². The number of likely N-dealkylation sites (N-methyl/N-ethyl adjacent to an activating group) is 1. The molecule has 1 aromatic carbocycles. The van der Waals surface area contributed by atoms with E-state index in [2.05, 4.69) is 5.32 Å². The zero-order valence-electron chi connectivity index (χ0n) is 11.2. The third-order valence-corrected chi connectivity index (χ3v) is 5.21. The van der Waals surface area contributed by atoms with Gasteiger partial charge in [-0.2, -0.15) is 4.31 Å². The van der Waals surface area contributed by atoms with E-state index in [0.717, 1.165) is 13.0 Å². The molecule has 0 radical (unpaired) electrons. The molecule has 1 heterocycles. The van der Waals surface area contributed by atoms with Crippen LogP contribution in [-0.2, 0) is 10.0 Å². The van der Waals surface area contributed by atoms with E-state index in [1.54, 1.807) is 0 Å². The second kappa shape index (κ2) is 5.86. The first-order valence-electron chi connectivity index (χ1n) is 6.43. The van der Waals surface area contributed by atoms with Crippen molar-refractivity contribution in [1.29, 1.82) is 0 Å².